The average molecular weight is 625 g/mol. The van der Waals surface area contributed by atoms with Gasteiger partial charge in [-0.2, -0.15) is 0 Å². The van der Waals surface area contributed by atoms with Crippen molar-refractivity contribution in [2.24, 2.45) is 5.92 Å². The van der Waals surface area contributed by atoms with Gasteiger partial charge >= 0.3 is 0 Å². The predicted octanol–water partition coefficient (Wildman–Crippen LogP) is 5.40. The molecule has 0 aliphatic carbocycles. The number of hydrogen-bond acceptors (Lipinski definition) is 11. The average Bonchev–Trinajstić information content (AvgIpc) is 3.61. The Morgan fingerprint density at radius 2 is 1.86 bits per heavy atom. The van der Waals surface area contributed by atoms with Crippen LogP contribution in [0, 0.1) is 33.1 Å². The number of amides is 2. The van der Waals surface area contributed by atoms with E-state index in [4.69, 9.17) is 0 Å². The summed E-state index contributed by atoms with van der Waals surface area (Å²) >= 11 is 2.38. The van der Waals surface area contributed by atoms with E-state index in [0.717, 1.165) is 0 Å². The van der Waals surface area contributed by atoms with Crippen LogP contribution in [0.5, 0.6) is 0 Å². The van der Waals surface area contributed by atoms with Crippen LogP contribution in [0.4, 0.5) is 16.5 Å². The summed E-state index contributed by atoms with van der Waals surface area (Å²) in [7, 11) is 0. The Morgan fingerprint density at radius 1 is 1.09 bits per heavy atom. The van der Waals surface area contributed by atoms with E-state index in [0.29, 0.717) is 39.5 Å². The van der Waals surface area contributed by atoms with E-state index < -0.39 is 21.8 Å². The second-order valence-corrected chi connectivity index (χ2v) is 11.5. The van der Waals surface area contributed by atoms with Crippen LogP contribution in [0.1, 0.15) is 48.6 Å². The van der Waals surface area contributed by atoms with E-state index in [1.807, 2.05) is 25.3 Å². The molecule has 1 atom stereocenters. The topological polar surface area (TPSA) is 188 Å². The van der Waals surface area contributed by atoms with Crippen LogP contribution in [-0.4, -0.2) is 47.2 Å². The number of nitro benzene ring substituents is 2. The van der Waals surface area contributed by atoms with Gasteiger partial charge < -0.3 is 15.2 Å². The van der Waals surface area contributed by atoms with E-state index in [9.17, 15) is 29.8 Å². The van der Waals surface area contributed by atoms with Crippen molar-refractivity contribution in [2.75, 3.05) is 11.1 Å². The minimum Gasteiger partial charge on any atom is -0.342 e. The Kier molecular flexibility index (Phi) is 9.82. The van der Waals surface area contributed by atoms with Gasteiger partial charge in [0.2, 0.25) is 5.91 Å². The van der Waals surface area contributed by atoms with Crippen LogP contribution in [0.25, 0.3) is 11.3 Å². The number of aromatic nitrogens is 4. The number of thioether (sulfide) groups is 1. The van der Waals surface area contributed by atoms with Crippen LogP contribution in [0.15, 0.2) is 53.0 Å². The molecule has 0 bridgehead atoms. The Bertz CT molecular complexity index is 1690. The van der Waals surface area contributed by atoms with Gasteiger partial charge in [0.05, 0.1) is 27.3 Å². The summed E-state index contributed by atoms with van der Waals surface area (Å²) in [6.07, 6.45) is 0. The molecule has 0 aliphatic rings. The summed E-state index contributed by atoms with van der Waals surface area (Å²) in [5.74, 6) is -0.393. The van der Waals surface area contributed by atoms with Gasteiger partial charge in [-0.1, -0.05) is 43.8 Å². The second kappa shape index (κ2) is 13.5. The maximum Gasteiger partial charge on any atom is 0.272 e. The molecule has 0 spiro atoms. The van der Waals surface area contributed by atoms with Crippen molar-refractivity contribution in [1.29, 1.82) is 0 Å². The Hall–Kier alpha value is -4.70. The maximum absolute atomic E-state index is 13.0. The van der Waals surface area contributed by atoms with Crippen LogP contribution < -0.4 is 10.6 Å². The molecule has 0 radical (unpaired) electrons. The lowest BCUT2D eigenvalue weighted by Crippen LogP contribution is -2.33. The fourth-order valence-electron chi connectivity index (χ4n) is 4.16. The van der Waals surface area contributed by atoms with Gasteiger partial charge in [-0.05, 0) is 25.8 Å². The highest BCUT2D eigenvalue weighted by Gasteiger charge is 2.27. The van der Waals surface area contributed by atoms with Gasteiger partial charge in [0.1, 0.15) is 0 Å². The molecule has 224 valence electrons. The molecule has 1 unspecified atom stereocenters. The van der Waals surface area contributed by atoms with Crippen LogP contribution in [0.2, 0.25) is 0 Å². The zero-order valence-corrected chi connectivity index (χ0v) is 25.3. The fourth-order valence-corrected chi connectivity index (χ4v) is 5.71. The molecule has 0 saturated carbocycles. The van der Waals surface area contributed by atoms with Gasteiger partial charge in [-0.15, -0.1) is 21.5 Å². The largest absolute Gasteiger partial charge is 0.342 e. The van der Waals surface area contributed by atoms with Gasteiger partial charge in [0, 0.05) is 46.8 Å². The number of anilines is 1. The Balaban J connectivity index is 1.42. The van der Waals surface area contributed by atoms with Crippen LogP contribution in [-0.2, 0) is 11.3 Å². The van der Waals surface area contributed by atoms with Gasteiger partial charge in [0.25, 0.3) is 17.3 Å². The van der Waals surface area contributed by atoms with Crippen molar-refractivity contribution in [3.8, 4) is 11.3 Å². The number of nitrogens with one attached hydrogen (secondary N) is 2. The summed E-state index contributed by atoms with van der Waals surface area (Å²) in [4.78, 5) is 51.5. The summed E-state index contributed by atoms with van der Waals surface area (Å²) in [6.45, 7) is 7.84. The highest BCUT2D eigenvalue weighted by molar-refractivity contribution is 7.99. The SMILES string of the molecule is CCn1c(SCC(=O)Nc2nc(-c3ccc(C)c([N+](=O)[O-])c3)cs2)nnc1C(NC(=O)c1cccc([N+](=O)[O-])c1)C(C)C. The number of rotatable bonds is 12. The zero-order valence-electron chi connectivity index (χ0n) is 23.6. The molecule has 4 aromatic rings. The maximum atomic E-state index is 13.0. The van der Waals surface area contributed by atoms with Gasteiger partial charge in [-0.3, -0.25) is 29.8 Å². The number of carbonyl (C=O) groups excluding carboxylic acids is 2. The molecule has 0 saturated heterocycles. The lowest BCUT2D eigenvalue weighted by molar-refractivity contribution is -0.385. The van der Waals surface area contributed by atoms with Crippen molar-refractivity contribution in [2.45, 2.75) is 45.4 Å². The molecule has 43 heavy (non-hydrogen) atoms. The molecule has 2 heterocycles. The number of hydrogen-bond donors (Lipinski definition) is 2. The number of thiazole rings is 1. The lowest BCUT2D eigenvalue weighted by atomic mass is 10.0. The number of nitrogens with zero attached hydrogens (tertiary/aromatic N) is 6. The Morgan fingerprint density at radius 3 is 2.53 bits per heavy atom. The lowest BCUT2D eigenvalue weighted by Gasteiger charge is -2.22. The van der Waals surface area contributed by atoms with E-state index in [1.54, 1.807) is 24.4 Å². The molecular weight excluding hydrogens is 596 g/mol. The minimum atomic E-state index is -0.560. The number of carbonyl (C=O) groups is 2. The van der Waals surface area contributed by atoms with Gasteiger partial charge in [-0.25, -0.2) is 4.98 Å². The van der Waals surface area contributed by atoms with Crippen LogP contribution >= 0.6 is 23.1 Å². The summed E-state index contributed by atoms with van der Waals surface area (Å²) in [6, 6.07) is 9.79. The molecule has 2 aromatic heterocycles. The summed E-state index contributed by atoms with van der Waals surface area (Å²) in [5.41, 5.74) is 1.59. The third-order valence-electron chi connectivity index (χ3n) is 6.40. The first-order chi connectivity index (χ1) is 20.5. The first-order valence-electron chi connectivity index (χ1n) is 13.1. The number of benzene rings is 2. The quantitative estimate of drug-likeness (QED) is 0.117. The fraction of sp³-hybridized carbons (Fsp3) is 0.296. The van der Waals surface area contributed by atoms with E-state index in [-0.39, 0.29) is 34.5 Å². The molecule has 2 amide bonds. The van der Waals surface area contributed by atoms with Crippen LogP contribution in [0.3, 0.4) is 0 Å². The van der Waals surface area contributed by atoms with Crippen molar-refractivity contribution in [3.63, 3.8) is 0 Å². The Labute approximate surface area is 254 Å². The first kappa shape index (κ1) is 31.2. The molecule has 0 aliphatic heterocycles. The number of nitro groups is 2. The number of aryl methyl sites for hydroxylation is 1. The second-order valence-electron chi connectivity index (χ2n) is 9.72. The predicted molar refractivity (Wildman–Crippen MR) is 162 cm³/mol. The highest BCUT2D eigenvalue weighted by atomic mass is 32.2. The third kappa shape index (κ3) is 7.39. The molecule has 16 heteroatoms. The van der Waals surface area contributed by atoms with E-state index in [2.05, 4.69) is 25.8 Å². The van der Waals surface area contributed by atoms with Gasteiger partial charge in [0.15, 0.2) is 16.1 Å². The zero-order chi connectivity index (χ0) is 31.3. The molecular formula is C27H28N8O6S2. The normalized spacial score (nSPS) is 11.7. The minimum absolute atomic E-state index is 0.00444. The smallest absolute Gasteiger partial charge is 0.272 e. The molecule has 2 N–H and O–H groups in total. The van der Waals surface area contributed by atoms with E-state index >= 15 is 0 Å². The van der Waals surface area contributed by atoms with Crippen molar-refractivity contribution < 1.29 is 19.4 Å². The monoisotopic (exact) mass is 624 g/mol. The van der Waals surface area contributed by atoms with Crippen molar-refractivity contribution in [3.05, 3.63) is 85.0 Å². The molecule has 14 nitrogen and oxygen atoms in total. The molecule has 2 aromatic carbocycles. The molecule has 0 fully saturated rings. The highest BCUT2D eigenvalue weighted by Crippen LogP contribution is 2.30. The number of non-ortho nitro benzene ring substituents is 1. The first-order valence-corrected chi connectivity index (χ1v) is 15.0. The van der Waals surface area contributed by atoms with Crippen molar-refractivity contribution in [1.82, 2.24) is 25.1 Å². The molecule has 4 rings (SSSR count). The van der Waals surface area contributed by atoms with E-state index in [1.165, 1.54) is 53.4 Å². The standard InChI is InChI=1S/C27H28N8O6S2/c1-5-33-24(23(15(2)3)30-25(37)18-7-6-8-19(11-18)34(38)39)31-32-27(33)43-14-22(36)29-26-28-20(13-42-26)17-10-9-16(4)21(12-17)35(40)41/h6-13,15,23H,5,14H2,1-4H3,(H,30,37)(H,28,29,36). The summed E-state index contributed by atoms with van der Waals surface area (Å²) in [5, 5.41) is 39.2. The van der Waals surface area contributed by atoms with Crippen molar-refractivity contribution >= 4 is 51.4 Å². The third-order valence-corrected chi connectivity index (χ3v) is 8.12. The summed E-state index contributed by atoms with van der Waals surface area (Å²) < 4.78 is 1.81.